The molecule has 106 valence electrons. The van der Waals surface area contributed by atoms with E-state index in [1.807, 2.05) is 6.07 Å². The van der Waals surface area contributed by atoms with Crippen LogP contribution < -0.4 is 11.1 Å². The summed E-state index contributed by atoms with van der Waals surface area (Å²) < 4.78 is 14.2. The number of nitriles is 1. The van der Waals surface area contributed by atoms with Gasteiger partial charge in [-0.3, -0.25) is 4.79 Å². The molecule has 1 amide bonds. The van der Waals surface area contributed by atoms with Crippen LogP contribution in [0.3, 0.4) is 0 Å². The number of hydrogen-bond donors (Lipinski definition) is 2. The zero-order valence-corrected chi connectivity index (χ0v) is 12.4. The van der Waals surface area contributed by atoms with Gasteiger partial charge in [0.1, 0.15) is 17.9 Å². The smallest absolute Gasteiger partial charge is 0.244 e. The fourth-order valence-corrected chi connectivity index (χ4v) is 2.27. The molecule has 6 heteroatoms. The molecule has 1 atom stereocenters. The summed E-state index contributed by atoms with van der Waals surface area (Å²) >= 11 is 3.33. The van der Waals surface area contributed by atoms with Crippen LogP contribution in [0.4, 0.5) is 10.1 Å². The Morgan fingerprint density at radius 2 is 2.10 bits per heavy atom. The second-order valence-electron chi connectivity index (χ2n) is 4.34. The largest absolute Gasteiger partial charge is 0.370 e. The number of hydrogen-bond acceptors (Lipinski definition) is 3. The average Bonchev–Trinajstić information content (AvgIpc) is 2.45. The highest BCUT2D eigenvalue weighted by atomic mass is 79.9. The first kappa shape index (κ1) is 15.0. The normalized spacial score (nSPS) is 11.5. The van der Waals surface area contributed by atoms with Crippen LogP contribution >= 0.6 is 15.9 Å². The summed E-state index contributed by atoms with van der Waals surface area (Å²) in [4.78, 5) is 11.6. The summed E-state index contributed by atoms with van der Waals surface area (Å²) in [7, 11) is 0. The zero-order valence-electron chi connectivity index (χ0n) is 10.8. The number of amides is 1. The van der Waals surface area contributed by atoms with Crippen molar-refractivity contribution in [2.45, 2.75) is 6.04 Å². The number of carbonyl (C=O) groups is 1. The van der Waals surface area contributed by atoms with Gasteiger partial charge < -0.3 is 11.1 Å². The minimum Gasteiger partial charge on any atom is -0.370 e. The van der Waals surface area contributed by atoms with Crippen molar-refractivity contribution < 1.29 is 9.18 Å². The third-order valence-corrected chi connectivity index (χ3v) is 3.36. The Kier molecular flexibility index (Phi) is 4.55. The maximum absolute atomic E-state index is 13.3. The predicted molar refractivity (Wildman–Crippen MR) is 80.8 cm³/mol. The number of halogens is 2. The topological polar surface area (TPSA) is 78.9 Å². The molecule has 0 radical (unpaired) electrons. The number of benzene rings is 2. The number of nitrogens with zero attached hydrogens (tertiary/aromatic N) is 1. The molecule has 0 spiro atoms. The number of primary amides is 1. The van der Waals surface area contributed by atoms with Crippen LogP contribution in [0, 0.1) is 17.1 Å². The molecule has 2 aromatic rings. The molecular weight excluding hydrogens is 337 g/mol. The lowest BCUT2D eigenvalue weighted by Crippen LogP contribution is -2.27. The molecule has 0 fully saturated rings. The lowest BCUT2D eigenvalue weighted by atomic mass is 10.0. The first-order chi connectivity index (χ1) is 10.0. The number of rotatable bonds is 4. The van der Waals surface area contributed by atoms with Crippen molar-refractivity contribution in [2.75, 3.05) is 5.32 Å². The van der Waals surface area contributed by atoms with E-state index in [0.717, 1.165) is 10.5 Å². The Morgan fingerprint density at radius 1 is 1.33 bits per heavy atom. The quantitative estimate of drug-likeness (QED) is 0.891. The van der Waals surface area contributed by atoms with Crippen molar-refractivity contribution in [3.63, 3.8) is 0 Å². The molecule has 2 rings (SSSR count). The van der Waals surface area contributed by atoms with Gasteiger partial charge in [-0.05, 0) is 35.9 Å². The Morgan fingerprint density at radius 3 is 2.71 bits per heavy atom. The van der Waals surface area contributed by atoms with Crippen LogP contribution in [-0.4, -0.2) is 5.91 Å². The second-order valence-corrected chi connectivity index (χ2v) is 5.26. The van der Waals surface area contributed by atoms with Gasteiger partial charge in [0, 0.05) is 10.2 Å². The van der Waals surface area contributed by atoms with Crippen LogP contribution in [-0.2, 0) is 4.79 Å². The maximum atomic E-state index is 13.3. The van der Waals surface area contributed by atoms with Gasteiger partial charge in [-0.2, -0.15) is 5.26 Å². The van der Waals surface area contributed by atoms with Crippen LogP contribution in [0.25, 0.3) is 0 Å². The summed E-state index contributed by atoms with van der Waals surface area (Å²) in [5.74, 6) is -1.25. The molecule has 0 saturated heterocycles. The molecule has 0 aliphatic carbocycles. The van der Waals surface area contributed by atoms with Gasteiger partial charge in [-0.1, -0.05) is 28.1 Å². The van der Waals surface area contributed by atoms with Crippen molar-refractivity contribution in [3.8, 4) is 6.07 Å². The Hall–Kier alpha value is -2.39. The Bertz CT molecular complexity index is 727. The molecule has 0 aliphatic rings. The molecular formula is C15H11BrFN3O. The van der Waals surface area contributed by atoms with Crippen molar-refractivity contribution in [1.82, 2.24) is 0 Å². The van der Waals surface area contributed by atoms with Crippen molar-refractivity contribution in [1.29, 1.82) is 5.26 Å². The lowest BCUT2D eigenvalue weighted by molar-refractivity contribution is -0.118. The minimum absolute atomic E-state index is 0.130. The van der Waals surface area contributed by atoms with Gasteiger partial charge in [-0.15, -0.1) is 0 Å². The van der Waals surface area contributed by atoms with Crippen LogP contribution in [0.15, 0.2) is 46.9 Å². The van der Waals surface area contributed by atoms with E-state index in [2.05, 4.69) is 21.2 Å². The fraction of sp³-hybridized carbons (Fsp3) is 0.0667. The fourth-order valence-electron chi connectivity index (χ4n) is 1.87. The molecule has 21 heavy (non-hydrogen) atoms. The monoisotopic (exact) mass is 347 g/mol. The standard InChI is InChI=1S/C15H11BrFN3O/c16-11-2-1-3-12(7-11)20-14(15(19)21)9-4-5-13(17)10(6-9)8-18/h1-7,14,20H,(H2,19,21). The van der Waals surface area contributed by atoms with Crippen molar-refractivity contribution >= 4 is 27.5 Å². The third kappa shape index (κ3) is 3.58. The first-order valence-corrected chi connectivity index (χ1v) is 6.81. The van der Waals surface area contributed by atoms with Gasteiger partial charge in [0.05, 0.1) is 5.56 Å². The SMILES string of the molecule is N#Cc1cc(C(Nc2cccc(Br)c2)C(N)=O)ccc1F. The summed E-state index contributed by atoms with van der Waals surface area (Å²) in [6.07, 6.45) is 0. The van der Waals surface area contributed by atoms with Gasteiger partial charge in [0.15, 0.2) is 0 Å². The van der Waals surface area contributed by atoms with E-state index in [1.165, 1.54) is 12.1 Å². The summed E-state index contributed by atoms with van der Waals surface area (Å²) in [5.41, 5.74) is 6.37. The van der Waals surface area contributed by atoms with Crippen LogP contribution in [0.1, 0.15) is 17.2 Å². The summed E-state index contributed by atoms with van der Waals surface area (Å²) in [5, 5.41) is 11.8. The van der Waals surface area contributed by atoms with Crippen LogP contribution in [0.2, 0.25) is 0 Å². The van der Waals surface area contributed by atoms with Gasteiger partial charge >= 0.3 is 0 Å². The molecule has 0 bridgehead atoms. The number of carbonyl (C=O) groups excluding carboxylic acids is 1. The van der Waals surface area contributed by atoms with E-state index < -0.39 is 17.8 Å². The van der Waals surface area contributed by atoms with E-state index in [0.29, 0.717) is 11.3 Å². The summed E-state index contributed by atoms with van der Waals surface area (Å²) in [6.45, 7) is 0. The van der Waals surface area contributed by atoms with Crippen molar-refractivity contribution in [3.05, 3.63) is 63.9 Å². The molecule has 0 heterocycles. The van der Waals surface area contributed by atoms with E-state index in [-0.39, 0.29) is 5.56 Å². The second kappa shape index (κ2) is 6.37. The molecule has 1 unspecified atom stereocenters. The molecule has 3 N–H and O–H groups in total. The molecule has 4 nitrogen and oxygen atoms in total. The highest BCUT2D eigenvalue weighted by Gasteiger charge is 2.19. The zero-order chi connectivity index (χ0) is 15.4. The molecule has 0 saturated carbocycles. The molecule has 0 aromatic heterocycles. The maximum Gasteiger partial charge on any atom is 0.244 e. The minimum atomic E-state index is -0.855. The van der Waals surface area contributed by atoms with E-state index >= 15 is 0 Å². The van der Waals surface area contributed by atoms with Gasteiger partial charge in [0.2, 0.25) is 5.91 Å². The van der Waals surface area contributed by atoms with E-state index in [9.17, 15) is 9.18 Å². The lowest BCUT2D eigenvalue weighted by Gasteiger charge is -2.17. The number of anilines is 1. The third-order valence-electron chi connectivity index (χ3n) is 2.86. The molecule has 0 aliphatic heterocycles. The van der Waals surface area contributed by atoms with E-state index in [1.54, 1.807) is 24.3 Å². The summed E-state index contributed by atoms with van der Waals surface area (Å²) in [6, 6.07) is 12.0. The highest BCUT2D eigenvalue weighted by Crippen LogP contribution is 2.23. The Balaban J connectivity index is 2.36. The average molecular weight is 348 g/mol. The Labute approximate surface area is 129 Å². The van der Waals surface area contributed by atoms with Gasteiger partial charge in [0.25, 0.3) is 0 Å². The van der Waals surface area contributed by atoms with Crippen LogP contribution in [0.5, 0.6) is 0 Å². The number of nitrogens with two attached hydrogens (primary N) is 1. The van der Waals surface area contributed by atoms with E-state index in [4.69, 9.17) is 11.0 Å². The van der Waals surface area contributed by atoms with Crippen molar-refractivity contribution in [2.24, 2.45) is 5.73 Å². The highest BCUT2D eigenvalue weighted by molar-refractivity contribution is 9.10. The predicted octanol–water partition coefficient (Wildman–Crippen LogP) is 3.10. The first-order valence-electron chi connectivity index (χ1n) is 6.02. The number of nitrogens with one attached hydrogen (secondary N) is 1. The molecule has 2 aromatic carbocycles. The van der Waals surface area contributed by atoms with Gasteiger partial charge in [-0.25, -0.2) is 4.39 Å².